The van der Waals surface area contributed by atoms with Crippen molar-refractivity contribution in [3.63, 3.8) is 0 Å². The fourth-order valence-corrected chi connectivity index (χ4v) is 2.69. The lowest BCUT2D eigenvalue weighted by molar-refractivity contribution is -0.114. The Morgan fingerprint density at radius 1 is 1.21 bits per heavy atom. The number of hydrogen-bond donors (Lipinski definition) is 4. The number of benzene rings is 2. The molecule has 0 bridgehead atoms. The van der Waals surface area contributed by atoms with Crippen molar-refractivity contribution in [3.05, 3.63) is 53.6 Å². The number of nitrogens with zero attached hydrogens (tertiary/aromatic N) is 1. The van der Waals surface area contributed by atoms with Gasteiger partial charge in [0.15, 0.2) is 5.96 Å². The van der Waals surface area contributed by atoms with E-state index in [1.807, 2.05) is 32.9 Å². The number of aliphatic imine (C=N–C) groups is 1. The zero-order chi connectivity index (χ0) is 20.5. The Bertz CT molecular complexity index is 825. The summed E-state index contributed by atoms with van der Waals surface area (Å²) in [5.74, 6) is 1.24. The molecule has 7 nitrogen and oxygen atoms in total. The summed E-state index contributed by atoms with van der Waals surface area (Å²) < 4.78 is 5.45. The normalized spacial score (nSPS) is 11.8. The van der Waals surface area contributed by atoms with Crippen LogP contribution in [0.25, 0.3) is 0 Å². The van der Waals surface area contributed by atoms with E-state index >= 15 is 0 Å². The Morgan fingerprint density at radius 3 is 2.52 bits per heavy atom. The van der Waals surface area contributed by atoms with Crippen molar-refractivity contribution in [3.8, 4) is 11.5 Å². The van der Waals surface area contributed by atoms with E-state index in [1.165, 1.54) is 12.1 Å². The lowest BCUT2D eigenvalue weighted by Crippen LogP contribution is -2.39. The molecule has 0 saturated carbocycles. The summed E-state index contributed by atoms with van der Waals surface area (Å²) in [6, 6.07) is 12.2. The van der Waals surface area contributed by atoms with Crippen LogP contribution in [0.4, 0.5) is 5.69 Å². The first-order valence-corrected chi connectivity index (χ1v) is 9.21. The zero-order valence-corrected chi connectivity index (χ0v) is 19.5. The van der Waals surface area contributed by atoms with E-state index in [-0.39, 0.29) is 48.2 Å². The number of aromatic hydroxyl groups is 1. The Labute approximate surface area is 189 Å². The first kappa shape index (κ1) is 24.5. The fourth-order valence-electron chi connectivity index (χ4n) is 2.69. The number of anilines is 1. The highest BCUT2D eigenvalue weighted by Gasteiger charge is 2.13. The second kappa shape index (κ2) is 12.2. The van der Waals surface area contributed by atoms with E-state index < -0.39 is 0 Å². The zero-order valence-electron chi connectivity index (χ0n) is 17.2. The first-order valence-electron chi connectivity index (χ1n) is 9.21. The van der Waals surface area contributed by atoms with Crippen molar-refractivity contribution in [2.45, 2.75) is 26.8 Å². The molecular weight excluding hydrogens is 483 g/mol. The molecule has 0 saturated heterocycles. The SMILES string of the molecule is CCNC(=NCC(=O)Nc1ccc(O)cc1)NC(C)c1cc(C)ccc1OC.I. The molecular formula is C21H29IN4O3. The summed E-state index contributed by atoms with van der Waals surface area (Å²) in [6.45, 7) is 6.64. The van der Waals surface area contributed by atoms with Crippen LogP contribution in [-0.2, 0) is 4.79 Å². The molecule has 0 aliphatic rings. The average Bonchev–Trinajstić information content (AvgIpc) is 2.68. The molecule has 1 atom stereocenters. The van der Waals surface area contributed by atoms with E-state index in [1.54, 1.807) is 19.2 Å². The summed E-state index contributed by atoms with van der Waals surface area (Å²) in [5.41, 5.74) is 2.76. The summed E-state index contributed by atoms with van der Waals surface area (Å²) in [5, 5.41) is 18.5. The Morgan fingerprint density at radius 2 is 1.90 bits per heavy atom. The van der Waals surface area contributed by atoms with Crippen LogP contribution in [0.3, 0.4) is 0 Å². The smallest absolute Gasteiger partial charge is 0.246 e. The number of nitrogens with one attached hydrogen (secondary N) is 3. The minimum Gasteiger partial charge on any atom is -0.508 e. The third-order valence-electron chi connectivity index (χ3n) is 4.08. The van der Waals surface area contributed by atoms with Crippen LogP contribution in [0.2, 0.25) is 0 Å². The van der Waals surface area contributed by atoms with E-state index in [9.17, 15) is 9.90 Å². The lowest BCUT2D eigenvalue weighted by Gasteiger charge is -2.20. The molecule has 0 aliphatic carbocycles. The van der Waals surface area contributed by atoms with Crippen LogP contribution in [0, 0.1) is 6.92 Å². The largest absolute Gasteiger partial charge is 0.508 e. The van der Waals surface area contributed by atoms with Crippen molar-refractivity contribution >= 4 is 41.5 Å². The van der Waals surface area contributed by atoms with Gasteiger partial charge >= 0.3 is 0 Å². The van der Waals surface area contributed by atoms with Crippen LogP contribution < -0.4 is 20.7 Å². The number of methoxy groups -OCH3 is 1. The number of halogens is 1. The van der Waals surface area contributed by atoms with Gasteiger partial charge in [0, 0.05) is 17.8 Å². The van der Waals surface area contributed by atoms with Gasteiger partial charge in [-0.2, -0.15) is 0 Å². The van der Waals surface area contributed by atoms with Crippen LogP contribution in [0.1, 0.15) is 31.0 Å². The summed E-state index contributed by atoms with van der Waals surface area (Å²) in [4.78, 5) is 16.5. The summed E-state index contributed by atoms with van der Waals surface area (Å²) in [6.07, 6.45) is 0. The minimum atomic E-state index is -0.247. The average molecular weight is 512 g/mol. The van der Waals surface area contributed by atoms with Gasteiger partial charge in [-0.05, 0) is 51.1 Å². The molecule has 0 aromatic heterocycles. The molecule has 0 radical (unpaired) electrons. The molecule has 0 aliphatic heterocycles. The van der Waals surface area contributed by atoms with Crippen LogP contribution in [0.5, 0.6) is 11.5 Å². The standard InChI is InChI=1S/C21H28N4O3.HI/c1-5-22-21(23-13-20(27)25-16-7-9-17(26)10-8-16)24-15(3)18-12-14(2)6-11-19(18)28-4;/h6-12,15,26H,5,13H2,1-4H3,(H,25,27)(H2,22,23,24);1H. The second-order valence-electron chi connectivity index (χ2n) is 6.40. The van der Waals surface area contributed by atoms with Gasteiger partial charge in [0.2, 0.25) is 5.91 Å². The molecule has 0 spiro atoms. The van der Waals surface area contributed by atoms with Gasteiger partial charge in [-0.25, -0.2) is 4.99 Å². The number of phenolic OH excluding ortho intramolecular Hbond substituents is 1. The van der Waals surface area contributed by atoms with Crippen LogP contribution in [-0.4, -0.2) is 37.2 Å². The number of aryl methyl sites for hydroxylation is 1. The molecule has 1 amide bonds. The van der Waals surface area contributed by atoms with Crippen molar-refractivity contribution in [2.24, 2.45) is 4.99 Å². The van der Waals surface area contributed by atoms with Gasteiger partial charge in [-0.15, -0.1) is 24.0 Å². The molecule has 2 rings (SSSR count). The quantitative estimate of drug-likeness (QED) is 0.197. The van der Waals surface area contributed by atoms with Crippen molar-refractivity contribution in [2.75, 3.05) is 25.5 Å². The van der Waals surface area contributed by atoms with Gasteiger partial charge in [-0.3, -0.25) is 4.79 Å². The maximum atomic E-state index is 12.2. The third kappa shape index (κ3) is 7.80. The number of carbonyl (C=O) groups is 1. The Hall–Kier alpha value is -2.49. The third-order valence-corrected chi connectivity index (χ3v) is 4.08. The molecule has 0 fully saturated rings. The van der Waals surface area contributed by atoms with E-state index in [4.69, 9.17) is 4.74 Å². The van der Waals surface area contributed by atoms with Crippen molar-refractivity contribution in [1.82, 2.24) is 10.6 Å². The van der Waals surface area contributed by atoms with E-state index in [0.717, 1.165) is 16.9 Å². The van der Waals surface area contributed by atoms with Gasteiger partial charge in [-0.1, -0.05) is 17.7 Å². The van der Waals surface area contributed by atoms with Gasteiger partial charge in [0.25, 0.3) is 0 Å². The topological polar surface area (TPSA) is 95.0 Å². The number of ether oxygens (including phenoxy) is 1. The van der Waals surface area contributed by atoms with E-state index in [2.05, 4.69) is 27.0 Å². The number of carbonyl (C=O) groups excluding carboxylic acids is 1. The van der Waals surface area contributed by atoms with Crippen molar-refractivity contribution < 1.29 is 14.6 Å². The van der Waals surface area contributed by atoms with Gasteiger partial charge in [0.1, 0.15) is 18.0 Å². The Kier molecular flexibility index (Phi) is 10.3. The minimum absolute atomic E-state index is 0. The highest BCUT2D eigenvalue weighted by atomic mass is 127. The highest BCUT2D eigenvalue weighted by Crippen LogP contribution is 2.25. The predicted molar refractivity (Wildman–Crippen MR) is 127 cm³/mol. The fraction of sp³-hybridized carbons (Fsp3) is 0.333. The number of guanidine groups is 1. The molecule has 2 aromatic carbocycles. The maximum absolute atomic E-state index is 12.2. The summed E-state index contributed by atoms with van der Waals surface area (Å²) >= 11 is 0. The number of phenols is 1. The molecule has 29 heavy (non-hydrogen) atoms. The van der Waals surface area contributed by atoms with Crippen LogP contribution >= 0.6 is 24.0 Å². The second-order valence-corrected chi connectivity index (χ2v) is 6.40. The lowest BCUT2D eigenvalue weighted by atomic mass is 10.0. The summed E-state index contributed by atoms with van der Waals surface area (Å²) in [7, 11) is 1.65. The monoisotopic (exact) mass is 512 g/mol. The highest BCUT2D eigenvalue weighted by molar-refractivity contribution is 14.0. The number of amides is 1. The number of hydrogen-bond acceptors (Lipinski definition) is 4. The van der Waals surface area contributed by atoms with Crippen molar-refractivity contribution in [1.29, 1.82) is 0 Å². The molecule has 2 aromatic rings. The van der Waals surface area contributed by atoms with E-state index in [0.29, 0.717) is 18.2 Å². The molecule has 1 unspecified atom stereocenters. The van der Waals surface area contributed by atoms with Crippen LogP contribution in [0.15, 0.2) is 47.5 Å². The molecule has 8 heteroatoms. The Balaban J connectivity index is 0.00000420. The first-order chi connectivity index (χ1) is 13.4. The molecule has 0 heterocycles. The molecule has 158 valence electrons. The predicted octanol–water partition coefficient (Wildman–Crippen LogP) is 3.58. The van der Waals surface area contributed by atoms with Gasteiger partial charge < -0.3 is 25.8 Å². The molecule has 4 N–H and O–H groups in total. The number of rotatable bonds is 7. The van der Waals surface area contributed by atoms with Gasteiger partial charge in [0.05, 0.1) is 13.2 Å². The maximum Gasteiger partial charge on any atom is 0.246 e.